The van der Waals surface area contributed by atoms with Crippen molar-refractivity contribution in [1.82, 2.24) is 10.6 Å². The molecule has 0 unspecified atom stereocenters. The molecule has 0 heterocycles. The van der Waals surface area contributed by atoms with Crippen LogP contribution in [-0.2, 0) is 38.2 Å². The first kappa shape index (κ1) is 69.1. The summed E-state index contributed by atoms with van der Waals surface area (Å²) >= 11 is 4.75. The van der Waals surface area contributed by atoms with Crippen LogP contribution >= 0.6 is 11.6 Å². The number of nitrogens with two attached hydrogens (primary N) is 2. The molecule has 6 aromatic rings. The number of aliphatic carboxylic acids is 2. The third-order valence-electron chi connectivity index (χ3n) is 12.8. The third-order valence-corrected chi connectivity index (χ3v) is 12.9. The number of amides is 2. The van der Waals surface area contributed by atoms with Gasteiger partial charge < -0.3 is 41.8 Å². The minimum absolute atomic E-state index is 0.108. The number of rotatable bonds is 17. The number of ether oxygens (including phenoxy) is 2. The highest BCUT2D eigenvalue weighted by Crippen LogP contribution is 2.39. The predicted molar refractivity (Wildman–Crippen MR) is 287 cm³/mol. The van der Waals surface area contributed by atoms with Crippen LogP contribution in [0.1, 0.15) is 78.0 Å². The summed E-state index contributed by atoms with van der Waals surface area (Å²) in [5.74, 6) is -6.08. The van der Waals surface area contributed by atoms with Gasteiger partial charge in [0.2, 0.25) is 0 Å². The van der Waals surface area contributed by atoms with Gasteiger partial charge in [-0.25, -0.2) is 40.7 Å². The van der Waals surface area contributed by atoms with Crippen molar-refractivity contribution in [3.63, 3.8) is 0 Å². The van der Waals surface area contributed by atoms with E-state index in [1.807, 2.05) is 30.3 Å². The Balaban J connectivity index is 0.000000290. The van der Waals surface area contributed by atoms with Gasteiger partial charge in [0, 0.05) is 41.7 Å². The molecule has 6 aromatic carbocycles. The van der Waals surface area contributed by atoms with Crippen LogP contribution in [0, 0.1) is 35.1 Å². The zero-order valence-electron chi connectivity index (χ0n) is 44.6. The lowest BCUT2D eigenvalue weighted by Gasteiger charge is -2.39. The number of hydrogen-bond donors (Lipinski definition) is 6. The van der Waals surface area contributed by atoms with Gasteiger partial charge in [0.05, 0.1) is 28.7 Å². The van der Waals surface area contributed by atoms with E-state index in [2.05, 4.69) is 26.7 Å². The topological polar surface area (TPSA) is 220 Å². The van der Waals surface area contributed by atoms with Crippen LogP contribution in [0.2, 0.25) is 0 Å². The van der Waals surface area contributed by atoms with E-state index in [1.54, 1.807) is 37.3 Å². The Morgan fingerprint density at radius 1 is 0.647 bits per heavy atom. The number of urea groups is 1. The van der Waals surface area contributed by atoms with Crippen LogP contribution in [0.5, 0.6) is 5.75 Å². The monoisotopic (exact) mass is 1230 g/mol. The zero-order chi connectivity index (χ0) is 63.4. The molecule has 2 amide bonds. The molecule has 456 valence electrons. The number of carbonyl (C=O) groups excluding carboxylic acids is 3. The molecular weight excluding hydrogens is 1170 g/mol. The van der Waals surface area contributed by atoms with E-state index in [0.717, 1.165) is 42.0 Å². The number of nitrogens with one attached hydrogen (secondary N) is 2. The van der Waals surface area contributed by atoms with Crippen LogP contribution in [0.15, 0.2) is 158 Å². The lowest BCUT2D eigenvalue weighted by Crippen LogP contribution is -2.56. The zero-order valence-corrected chi connectivity index (χ0v) is 45.3. The molecule has 0 aromatic heterocycles. The summed E-state index contributed by atoms with van der Waals surface area (Å²) < 4.78 is 163. The Bertz CT molecular complexity index is 3180. The van der Waals surface area contributed by atoms with Crippen molar-refractivity contribution in [2.75, 3.05) is 0 Å². The highest BCUT2D eigenvalue weighted by molar-refractivity contribution is 6.61. The Hall–Kier alpha value is -8.42. The van der Waals surface area contributed by atoms with Crippen molar-refractivity contribution in [2.24, 2.45) is 23.3 Å². The van der Waals surface area contributed by atoms with Gasteiger partial charge in [-0.1, -0.05) is 91.5 Å². The fourth-order valence-electron chi connectivity index (χ4n) is 8.65. The van der Waals surface area contributed by atoms with Crippen LogP contribution in [0.3, 0.4) is 0 Å². The van der Waals surface area contributed by atoms with Crippen molar-refractivity contribution >= 4 is 41.3 Å². The molecule has 0 spiro atoms. The number of carboxylic acids is 2. The number of carboxylic acid groups (broad SMARTS) is 2. The number of halogens is 13. The van der Waals surface area contributed by atoms with Gasteiger partial charge in [-0.3, -0.25) is 9.59 Å². The van der Waals surface area contributed by atoms with E-state index in [1.165, 1.54) is 42.5 Å². The fourth-order valence-corrected chi connectivity index (χ4v) is 8.78. The minimum atomic E-state index is -4.93. The van der Waals surface area contributed by atoms with Crippen LogP contribution in [0.4, 0.5) is 67.1 Å². The predicted octanol–water partition coefficient (Wildman–Crippen LogP) is 13.9. The van der Waals surface area contributed by atoms with Crippen molar-refractivity contribution in [3.05, 3.63) is 220 Å². The van der Waals surface area contributed by atoms with Gasteiger partial charge in [-0.15, -0.1) is 8.78 Å². The normalized spacial score (nSPS) is 17.2. The van der Waals surface area contributed by atoms with E-state index >= 15 is 0 Å². The van der Waals surface area contributed by atoms with Gasteiger partial charge in [-0.2, -0.15) is 17.6 Å². The molecule has 0 aliphatic heterocycles. The minimum Gasteiger partial charge on any atom is -0.481 e. The average molecular weight is 1230 g/mol. The van der Waals surface area contributed by atoms with Crippen molar-refractivity contribution < 1.29 is 96.3 Å². The van der Waals surface area contributed by atoms with Gasteiger partial charge >= 0.3 is 42.2 Å². The molecule has 8 N–H and O–H groups in total. The smallest absolute Gasteiger partial charge is 0.481 e. The fraction of sp³-hybridized carbons (Fsp3) is 0.271. The second-order valence-corrected chi connectivity index (χ2v) is 19.6. The highest BCUT2D eigenvalue weighted by Gasteiger charge is 2.45. The molecule has 2 atom stereocenters. The first-order valence-corrected chi connectivity index (χ1v) is 25.5. The van der Waals surface area contributed by atoms with E-state index in [9.17, 15) is 71.9 Å². The van der Waals surface area contributed by atoms with Crippen molar-refractivity contribution in [1.29, 1.82) is 0 Å². The van der Waals surface area contributed by atoms with E-state index in [-0.39, 0.29) is 54.3 Å². The van der Waals surface area contributed by atoms with E-state index in [0.29, 0.717) is 35.8 Å². The molecule has 0 saturated heterocycles. The number of alkyl halides is 6. The molecule has 2 fully saturated rings. The van der Waals surface area contributed by atoms with Gasteiger partial charge in [0.1, 0.15) is 29.0 Å². The maximum atomic E-state index is 14.8. The summed E-state index contributed by atoms with van der Waals surface area (Å²) in [6.07, 6.45) is -13.0. The highest BCUT2D eigenvalue weighted by atomic mass is 35.5. The molecule has 0 radical (unpaired) electrons. The molecular formula is C59H55ClF12N4O9. The molecule has 2 aliphatic carbocycles. The van der Waals surface area contributed by atoms with Crippen LogP contribution < -0.4 is 26.8 Å². The lowest BCUT2D eigenvalue weighted by molar-refractivity contribution is -0.253. The van der Waals surface area contributed by atoms with E-state index in [4.69, 9.17) is 38.1 Å². The molecule has 2 saturated carbocycles. The molecule has 26 heteroatoms. The number of hydrogen-bond acceptors (Lipinski definition) is 9. The summed E-state index contributed by atoms with van der Waals surface area (Å²) in [7, 11) is 0. The molecule has 2 aliphatic rings. The Morgan fingerprint density at radius 3 is 1.53 bits per heavy atom. The lowest BCUT2D eigenvalue weighted by atomic mass is 9.77. The molecule has 0 bridgehead atoms. The van der Waals surface area contributed by atoms with Crippen LogP contribution in [0.25, 0.3) is 0 Å². The second kappa shape index (κ2) is 31.5. The summed E-state index contributed by atoms with van der Waals surface area (Å²) in [6, 6.07) is 32.2. The Kier molecular flexibility index (Phi) is 25.6. The SMILES string of the molecule is C=C(C)OC(=O)Cl.NC1CC(C(=O)O)C1.N[C@](Cc1ccccc1)(c1ccc(F)cc1)c1cc(F)cc(C(F)F)c1.O=C(F)F.O=C(NC1CC(C(=O)O)C1)N[C@](Cc1ccccc1)(c1ccc(F)cc1)c1cc(F)cc(OC(F)(F)C(F)F)c1. The summed E-state index contributed by atoms with van der Waals surface area (Å²) in [6.45, 7) is 4.81. The standard InChI is InChI=1S/C28H24F6N2O4.C21H17F4N.C5H9NO2.C4H5ClO2.CF2O/c29-20-8-6-18(7-9-20)27(15-16-4-2-1-3-5-16,36-26(39)35-22-10-17(11-22)24(37)38)19-12-21(30)14-23(13-19)40-28(33,34)25(31)32;22-18-8-6-16(7-9-18)21(26,13-14-4-2-1-3-5-14)17-10-15(20(24)25)11-19(23)12-17;6-4-1-3(2-4)5(7)8;1-3(2)7-4(5)6;2-1(3)4/h1-9,12-14,17,22,25H,10-11,15H2,(H,37,38)(H2,35,36,39);1-12,20H,13,26H2;3-4H,1-2,6H2,(H,7,8);1H2,2H3;/t17?,22?,27-;21-;;;/m11.../s1. The maximum absolute atomic E-state index is 14.8. The first-order valence-electron chi connectivity index (χ1n) is 25.1. The summed E-state index contributed by atoms with van der Waals surface area (Å²) in [5.41, 5.74) is 9.86. The summed E-state index contributed by atoms with van der Waals surface area (Å²) in [5, 5.41) is 22.8. The van der Waals surface area contributed by atoms with Gasteiger partial charge in [-0.05, 0) is 127 Å². The number of allylic oxidation sites excluding steroid dienone is 1. The van der Waals surface area contributed by atoms with Crippen LogP contribution in [-0.4, -0.2) is 64.5 Å². The van der Waals surface area contributed by atoms with Gasteiger partial charge in [0.25, 0.3) is 6.43 Å². The van der Waals surface area contributed by atoms with Gasteiger partial charge in [0.15, 0.2) is 0 Å². The molecule has 13 nitrogen and oxygen atoms in total. The maximum Gasteiger partial charge on any atom is 0.483 e. The Morgan fingerprint density at radius 2 is 1.11 bits per heavy atom. The quantitative estimate of drug-likeness (QED) is 0.0286. The number of carbonyl (C=O) groups is 5. The average Bonchev–Trinajstić information content (AvgIpc) is 1.44. The second-order valence-electron chi connectivity index (χ2n) is 19.3. The largest absolute Gasteiger partial charge is 0.483 e. The first-order chi connectivity index (χ1) is 39.8. The van der Waals surface area contributed by atoms with E-state index < -0.39 is 106 Å². The summed E-state index contributed by atoms with van der Waals surface area (Å²) in [4.78, 5) is 52.3. The van der Waals surface area contributed by atoms with Crippen molar-refractivity contribution in [3.8, 4) is 5.75 Å². The number of benzene rings is 6. The Labute approximate surface area is 483 Å². The van der Waals surface area contributed by atoms with Crippen molar-refractivity contribution in [2.45, 2.75) is 87.6 Å². The third kappa shape index (κ3) is 21.6. The molecule has 85 heavy (non-hydrogen) atoms. The molecule has 8 rings (SSSR count).